The first kappa shape index (κ1) is 16.0. The van der Waals surface area contributed by atoms with Crippen molar-refractivity contribution in [2.75, 3.05) is 0 Å². The van der Waals surface area contributed by atoms with Gasteiger partial charge in [0.1, 0.15) is 12.0 Å². The average Bonchev–Trinajstić information content (AvgIpc) is 2.80. The summed E-state index contributed by atoms with van der Waals surface area (Å²) in [4.78, 5) is 14.7. The molecular formula is C17H25FN2O. The molecule has 3 nitrogen and oxygen atoms in total. The number of benzene rings is 1. The molecule has 1 amide bonds. The van der Waals surface area contributed by atoms with Gasteiger partial charge in [-0.1, -0.05) is 39.8 Å². The highest BCUT2D eigenvalue weighted by atomic mass is 19.1. The fraction of sp³-hybridized carbons (Fsp3) is 0.588. The molecule has 1 N–H and O–H groups in total. The molecule has 0 aliphatic carbocycles. The van der Waals surface area contributed by atoms with Crippen molar-refractivity contribution in [3.8, 4) is 0 Å². The van der Waals surface area contributed by atoms with Crippen LogP contribution in [0.3, 0.4) is 0 Å². The Bertz CT molecular complexity index is 482. The number of nitrogens with zero attached hydrogens (tertiary/aromatic N) is 1. The molecule has 0 saturated carbocycles. The van der Waals surface area contributed by atoms with Crippen LogP contribution in [0.5, 0.6) is 0 Å². The Morgan fingerprint density at radius 3 is 2.24 bits per heavy atom. The molecule has 0 spiro atoms. The zero-order valence-electron chi connectivity index (χ0n) is 13.3. The highest BCUT2D eigenvalue weighted by Gasteiger charge is 2.43. The van der Waals surface area contributed by atoms with Crippen molar-refractivity contribution in [3.05, 3.63) is 35.6 Å². The van der Waals surface area contributed by atoms with Crippen LogP contribution in [-0.4, -0.2) is 22.9 Å². The molecule has 1 aromatic carbocycles. The van der Waals surface area contributed by atoms with Gasteiger partial charge in [-0.15, -0.1) is 0 Å². The van der Waals surface area contributed by atoms with Gasteiger partial charge in [0.25, 0.3) is 0 Å². The van der Waals surface area contributed by atoms with Crippen molar-refractivity contribution in [2.24, 2.45) is 5.92 Å². The summed E-state index contributed by atoms with van der Waals surface area (Å²) >= 11 is 0. The second kappa shape index (κ2) is 6.56. The van der Waals surface area contributed by atoms with Crippen LogP contribution >= 0.6 is 0 Å². The van der Waals surface area contributed by atoms with Crippen LogP contribution in [0.1, 0.15) is 52.3 Å². The first-order valence-corrected chi connectivity index (χ1v) is 7.83. The third-order valence-corrected chi connectivity index (χ3v) is 4.32. The van der Waals surface area contributed by atoms with Crippen LogP contribution in [0.2, 0.25) is 0 Å². The molecule has 0 aromatic heterocycles. The zero-order valence-corrected chi connectivity index (χ0v) is 13.3. The summed E-state index contributed by atoms with van der Waals surface area (Å²) in [5.41, 5.74) is 0.944. The molecule has 2 rings (SSSR count). The molecule has 2 atom stereocenters. The van der Waals surface area contributed by atoms with Crippen LogP contribution in [0.15, 0.2) is 24.3 Å². The lowest BCUT2D eigenvalue weighted by atomic mass is 10.0. The second-order valence-corrected chi connectivity index (χ2v) is 6.06. The number of rotatable bonds is 5. The lowest BCUT2D eigenvalue weighted by Gasteiger charge is -2.32. The normalized spacial score (nSPS) is 22.6. The smallest absolute Gasteiger partial charge is 0.241 e. The van der Waals surface area contributed by atoms with Gasteiger partial charge in [0.2, 0.25) is 5.91 Å². The molecule has 1 saturated heterocycles. The van der Waals surface area contributed by atoms with Crippen molar-refractivity contribution in [1.29, 1.82) is 0 Å². The molecule has 1 aliphatic heterocycles. The predicted molar refractivity (Wildman–Crippen MR) is 82.1 cm³/mol. The minimum Gasteiger partial charge on any atom is -0.319 e. The topological polar surface area (TPSA) is 32.3 Å². The third kappa shape index (κ3) is 3.10. The summed E-state index contributed by atoms with van der Waals surface area (Å²) < 4.78 is 13.1. The molecule has 0 radical (unpaired) electrons. The second-order valence-electron chi connectivity index (χ2n) is 6.06. The van der Waals surface area contributed by atoms with Crippen LogP contribution in [0, 0.1) is 11.7 Å². The SMILES string of the molecule is CCC(CC)N1C(=O)C(C(C)C)NC1c1ccc(F)cc1. The lowest BCUT2D eigenvalue weighted by molar-refractivity contribution is -0.133. The van der Waals surface area contributed by atoms with Crippen molar-refractivity contribution in [3.63, 3.8) is 0 Å². The van der Waals surface area contributed by atoms with Crippen LogP contribution in [-0.2, 0) is 4.79 Å². The van der Waals surface area contributed by atoms with Gasteiger partial charge in [-0.05, 0) is 36.5 Å². The summed E-state index contributed by atoms with van der Waals surface area (Å²) in [7, 11) is 0. The third-order valence-electron chi connectivity index (χ3n) is 4.32. The fourth-order valence-electron chi connectivity index (χ4n) is 3.06. The summed E-state index contributed by atoms with van der Waals surface area (Å²) in [5, 5.41) is 3.43. The van der Waals surface area contributed by atoms with E-state index < -0.39 is 0 Å². The van der Waals surface area contributed by atoms with Gasteiger partial charge in [-0.2, -0.15) is 0 Å². The molecule has 1 heterocycles. The van der Waals surface area contributed by atoms with E-state index in [1.807, 2.05) is 18.7 Å². The zero-order chi connectivity index (χ0) is 15.6. The molecular weight excluding hydrogens is 267 g/mol. The highest BCUT2D eigenvalue weighted by Crippen LogP contribution is 2.31. The summed E-state index contributed by atoms with van der Waals surface area (Å²) in [6.07, 6.45) is 1.69. The Morgan fingerprint density at radius 2 is 1.76 bits per heavy atom. The lowest BCUT2D eigenvalue weighted by Crippen LogP contribution is -2.40. The number of halogens is 1. The van der Waals surface area contributed by atoms with E-state index in [1.165, 1.54) is 12.1 Å². The fourth-order valence-corrected chi connectivity index (χ4v) is 3.06. The van der Waals surface area contributed by atoms with Crippen LogP contribution in [0.4, 0.5) is 4.39 Å². The maximum Gasteiger partial charge on any atom is 0.241 e. The maximum absolute atomic E-state index is 13.1. The van der Waals surface area contributed by atoms with E-state index >= 15 is 0 Å². The minimum atomic E-state index is -0.252. The van der Waals surface area contributed by atoms with E-state index in [9.17, 15) is 9.18 Å². The van der Waals surface area contributed by atoms with Crippen molar-refractivity contribution < 1.29 is 9.18 Å². The first-order valence-electron chi connectivity index (χ1n) is 7.83. The van der Waals surface area contributed by atoms with Crippen molar-refractivity contribution in [1.82, 2.24) is 10.2 Å². The molecule has 2 unspecified atom stereocenters. The first-order chi connectivity index (χ1) is 9.99. The van der Waals surface area contributed by atoms with E-state index in [0.717, 1.165) is 18.4 Å². The van der Waals surface area contributed by atoms with E-state index in [2.05, 4.69) is 19.2 Å². The molecule has 1 aliphatic rings. The number of hydrogen-bond donors (Lipinski definition) is 1. The number of carbonyl (C=O) groups excluding carboxylic acids is 1. The van der Waals surface area contributed by atoms with E-state index in [0.29, 0.717) is 0 Å². The molecule has 0 bridgehead atoms. The van der Waals surface area contributed by atoms with Crippen molar-refractivity contribution >= 4 is 5.91 Å². The largest absolute Gasteiger partial charge is 0.319 e. The van der Waals surface area contributed by atoms with Gasteiger partial charge in [-0.3, -0.25) is 10.1 Å². The molecule has 116 valence electrons. The number of amides is 1. The van der Waals surface area contributed by atoms with E-state index in [4.69, 9.17) is 0 Å². The van der Waals surface area contributed by atoms with E-state index in [1.54, 1.807) is 12.1 Å². The monoisotopic (exact) mass is 292 g/mol. The Morgan fingerprint density at radius 1 is 1.19 bits per heavy atom. The quantitative estimate of drug-likeness (QED) is 0.901. The Labute approximate surface area is 126 Å². The maximum atomic E-state index is 13.1. The van der Waals surface area contributed by atoms with E-state index in [-0.39, 0.29) is 35.9 Å². The van der Waals surface area contributed by atoms with Crippen molar-refractivity contribution in [2.45, 2.75) is 58.8 Å². The van der Waals surface area contributed by atoms with Gasteiger partial charge in [0, 0.05) is 6.04 Å². The Hall–Kier alpha value is -1.42. The van der Waals surface area contributed by atoms with Gasteiger partial charge in [-0.25, -0.2) is 4.39 Å². The minimum absolute atomic E-state index is 0.157. The number of nitrogens with one attached hydrogen (secondary N) is 1. The average molecular weight is 292 g/mol. The van der Waals surface area contributed by atoms with Gasteiger partial charge >= 0.3 is 0 Å². The predicted octanol–water partition coefficient (Wildman–Crippen LogP) is 3.47. The van der Waals surface area contributed by atoms with Crippen LogP contribution in [0.25, 0.3) is 0 Å². The molecule has 1 fully saturated rings. The van der Waals surface area contributed by atoms with Crippen LogP contribution < -0.4 is 5.32 Å². The molecule has 21 heavy (non-hydrogen) atoms. The summed E-state index contributed by atoms with van der Waals surface area (Å²) in [6, 6.07) is 6.48. The standard InChI is InChI=1S/C17H25FN2O/c1-5-14(6-2)20-16(12-7-9-13(18)10-8-12)19-15(11(3)4)17(20)21/h7-11,14-16,19H,5-6H2,1-4H3. The summed E-state index contributed by atoms with van der Waals surface area (Å²) in [6.45, 7) is 8.30. The number of hydrogen-bond acceptors (Lipinski definition) is 2. The number of carbonyl (C=O) groups is 1. The Balaban J connectivity index is 2.35. The van der Waals surface area contributed by atoms with Gasteiger partial charge < -0.3 is 4.90 Å². The molecule has 4 heteroatoms. The highest BCUT2D eigenvalue weighted by molar-refractivity contribution is 5.85. The molecule has 1 aromatic rings. The Kier molecular flexibility index (Phi) is 4.99. The van der Waals surface area contributed by atoms with Gasteiger partial charge in [0.15, 0.2) is 0 Å². The van der Waals surface area contributed by atoms with Gasteiger partial charge in [0.05, 0.1) is 6.04 Å². The summed E-state index contributed by atoms with van der Waals surface area (Å²) in [5.74, 6) is 0.144.